The van der Waals surface area contributed by atoms with Gasteiger partial charge in [0, 0.05) is 47.2 Å². The zero-order valence-electron chi connectivity index (χ0n) is 18.0. The predicted octanol–water partition coefficient (Wildman–Crippen LogP) is 3.72. The summed E-state index contributed by atoms with van der Waals surface area (Å²) in [7, 11) is 0. The van der Waals surface area contributed by atoms with Crippen LogP contribution < -0.4 is 11.1 Å². The minimum absolute atomic E-state index is 0.0154. The lowest BCUT2D eigenvalue weighted by Gasteiger charge is -2.07. The number of amides is 1. The normalized spacial score (nSPS) is 11.1. The van der Waals surface area contributed by atoms with E-state index in [-0.39, 0.29) is 12.5 Å². The van der Waals surface area contributed by atoms with Gasteiger partial charge in [-0.15, -0.1) is 0 Å². The maximum Gasteiger partial charge on any atom is 0.234 e. The molecule has 4 N–H and O–H groups in total. The molecule has 164 valence electrons. The van der Waals surface area contributed by atoms with Gasteiger partial charge in [0.2, 0.25) is 5.91 Å². The van der Waals surface area contributed by atoms with E-state index in [1.165, 1.54) is 5.56 Å². The fraction of sp³-hybridized carbons (Fsp3) is 0.115. The van der Waals surface area contributed by atoms with E-state index in [0.717, 1.165) is 45.4 Å². The number of nitrogens with zero attached hydrogens (tertiary/aromatic N) is 3. The second-order valence-electron chi connectivity index (χ2n) is 7.92. The largest absolute Gasteiger partial charge is 0.351 e. The van der Waals surface area contributed by atoms with Crippen LogP contribution in [-0.2, 0) is 17.9 Å². The number of nitrogens with two attached hydrogens (primary N) is 1. The van der Waals surface area contributed by atoms with Crippen LogP contribution >= 0.6 is 0 Å². The highest BCUT2D eigenvalue weighted by Gasteiger charge is 2.11. The van der Waals surface area contributed by atoms with Crippen LogP contribution in [0.4, 0.5) is 0 Å². The van der Waals surface area contributed by atoms with Gasteiger partial charge in [-0.2, -0.15) is 5.10 Å². The Morgan fingerprint density at radius 1 is 0.970 bits per heavy atom. The summed E-state index contributed by atoms with van der Waals surface area (Å²) in [4.78, 5) is 19.4. The molecule has 0 spiro atoms. The van der Waals surface area contributed by atoms with E-state index in [4.69, 9.17) is 5.73 Å². The van der Waals surface area contributed by atoms with Crippen molar-refractivity contribution in [2.75, 3.05) is 6.54 Å². The van der Waals surface area contributed by atoms with Gasteiger partial charge in [0.1, 0.15) is 5.65 Å². The van der Waals surface area contributed by atoms with E-state index in [2.05, 4.69) is 50.8 Å². The van der Waals surface area contributed by atoms with Crippen molar-refractivity contribution in [3.8, 4) is 22.3 Å². The Morgan fingerprint density at radius 2 is 1.82 bits per heavy atom. The summed E-state index contributed by atoms with van der Waals surface area (Å²) < 4.78 is 1.94. The number of carbonyl (C=O) groups excluding carboxylic acids is 1. The molecule has 5 aromatic rings. The van der Waals surface area contributed by atoms with Crippen molar-refractivity contribution in [3.63, 3.8) is 0 Å². The van der Waals surface area contributed by atoms with Crippen LogP contribution in [0.25, 0.3) is 33.3 Å². The number of benzene rings is 2. The van der Waals surface area contributed by atoms with Gasteiger partial charge in [-0.25, -0.2) is 4.98 Å². The molecule has 0 aliphatic carbocycles. The minimum atomic E-state index is -0.173. The lowest BCUT2D eigenvalue weighted by molar-refractivity contribution is -0.119. The third-order valence-electron chi connectivity index (χ3n) is 5.60. The fourth-order valence-corrected chi connectivity index (χ4v) is 3.89. The van der Waals surface area contributed by atoms with Crippen molar-refractivity contribution in [2.24, 2.45) is 5.73 Å². The Morgan fingerprint density at radius 3 is 2.67 bits per heavy atom. The van der Waals surface area contributed by atoms with Gasteiger partial charge in [-0.1, -0.05) is 48.5 Å². The topological polar surface area (TPSA) is 102 Å². The van der Waals surface area contributed by atoms with E-state index in [1.807, 2.05) is 59.7 Å². The molecule has 7 heteroatoms. The summed E-state index contributed by atoms with van der Waals surface area (Å²) in [5, 5.41) is 8.39. The van der Waals surface area contributed by atoms with E-state index in [0.29, 0.717) is 6.54 Å². The molecule has 0 aliphatic heterocycles. The van der Waals surface area contributed by atoms with Crippen molar-refractivity contribution in [1.82, 2.24) is 25.1 Å². The van der Waals surface area contributed by atoms with E-state index < -0.39 is 0 Å². The number of aromatic amines is 1. The summed E-state index contributed by atoms with van der Waals surface area (Å²) in [6.45, 7) is 1.15. The molecule has 1 amide bonds. The number of H-pyrrole nitrogens is 1. The number of fused-ring (bicyclic) bond motifs is 1. The molecule has 7 nitrogen and oxygen atoms in total. The van der Waals surface area contributed by atoms with Crippen LogP contribution in [0.2, 0.25) is 0 Å². The average molecular weight is 437 g/mol. The van der Waals surface area contributed by atoms with Crippen LogP contribution in [0.1, 0.15) is 11.1 Å². The number of aromatic nitrogens is 4. The number of hydrogen-bond acceptors (Lipinski definition) is 4. The zero-order valence-corrected chi connectivity index (χ0v) is 18.0. The molecule has 0 aliphatic rings. The Bertz CT molecular complexity index is 1400. The SMILES string of the molecule is NCC(=O)NCc1cccc(-c2cnc3[nH]cc(-c4cnn(Cc5ccccc5)c4)c3c2)c1. The van der Waals surface area contributed by atoms with Crippen molar-refractivity contribution < 1.29 is 4.79 Å². The summed E-state index contributed by atoms with van der Waals surface area (Å²) in [5.74, 6) is -0.173. The summed E-state index contributed by atoms with van der Waals surface area (Å²) in [6.07, 6.45) is 7.78. The number of nitrogens with one attached hydrogen (secondary N) is 2. The lowest BCUT2D eigenvalue weighted by atomic mass is 10.0. The molecule has 3 heterocycles. The molecule has 0 saturated heterocycles. The van der Waals surface area contributed by atoms with Gasteiger partial charge >= 0.3 is 0 Å². The van der Waals surface area contributed by atoms with E-state index in [9.17, 15) is 4.79 Å². The van der Waals surface area contributed by atoms with Gasteiger partial charge in [0.15, 0.2) is 0 Å². The van der Waals surface area contributed by atoms with Crippen LogP contribution in [0, 0.1) is 0 Å². The summed E-state index contributed by atoms with van der Waals surface area (Å²) in [5.41, 5.74) is 12.6. The molecular formula is C26H24N6O. The second-order valence-corrected chi connectivity index (χ2v) is 7.92. The Hall–Kier alpha value is -4.23. The molecule has 33 heavy (non-hydrogen) atoms. The summed E-state index contributed by atoms with van der Waals surface area (Å²) in [6, 6.07) is 20.5. The molecule has 0 fully saturated rings. The first-order valence-electron chi connectivity index (χ1n) is 10.8. The molecule has 0 bridgehead atoms. The highest BCUT2D eigenvalue weighted by atomic mass is 16.1. The van der Waals surface area contributed by atoms with Crippen LogP contribution in [0.5, 0.6) is 0 Å². The maximum absolute atomic E-state index is 11.5. The number of rotatable bonds is 7. The highest BCUT2D eigenvalue weighted by Crippen LogP contribution is 2.31. The molecule has 0 saturated carbocycles. The highest BCUT2D eigenvalue weighted by molar-refractivity contribution is 5.95. The first kappa shape index (κ1) is 20.7. The molecule has 0 unspecified atom stereocenters. The Kier molecular flexibility index (Phi) is 5.70. The number of hydrogen-bond donors (Lipinski definition) is 3. The standard InChI is InChI=1S/C26H24N6O/c27-11-25(33)28-12-19-7-4-8-20(9-19)21-10-23-24(15-30-26(23)29-13-21)22-14-31-32(17-22)16-18-5-2-1-3-6-18/h1-10,13-15,17H,11-12,16,27H2,(H,28,33)(H,29,30). The van der Waals surface area contributed by atoms with Gasteiger partial charge in [-0.3, -0.25) is 9.48 Å². The predicted molar refractivity (Wildman–Crippen MR) is 129 cm³/mol. The lowest BCUT2D eigenvalue weighted by Crippen LogP contribution is -2.29. The smallest absolute Gasteiger partial charge is 0.234 e. The van der Waals surface area contributed by atoms with Crippen LogP contribution in [0.3, 0.4) is 0 Å². The zero-order chi connectivity index (χ0) is 22.6. The quantitative estimate of drug-likeness (QED) is 0.362. The van der Waals surface area contributed by atoms with Gasteiger partial charge in [0.25, 0.3) is 0 Å². The van der Waals surface area contributed by atoms with E-state index in [1.54, 1.807) is 0 Å². The number of carbonyl (C=O) groups is 1. The third kappa shape index (κ3) is 4.53. The van der Waals surface area contributed by atoms with Gasteiger partial charge in [0.05, 0.1) is 19.3 Å². The average Bonchev–Trinajstić information content (AvgIpc) is 3.49. The minimum Gasteiger partial charge on any atom is -0.351 e. The molecule has 0 radical (unpaired) electrons. The monoisotopic (exact) mass is 436 g/mol. The van der Waals surface area contributed by atoms with Crippen molar-refractivity contribution in [1.29, 1.82) is 0 Å². The Balaban J connectivity index is 1.43. The van der Waals surface area contributed by atoms with Crippen LogP contribution in [0.15, 0.2) is 85.5 Å². The fourth-order valence-electron chi connectivity index (χ4n) is 3.89. The van der Waals surface area contributed by atoms with E-state index >= 15 is 0 Å². The summed E-state index contributed by atoms with van der Waals surface area (Å²) >= 11 is 0. The first-order valence-corrected chi connectivity index (χ1v) is 10.8. The molecule has 3 aromatic heterocycles. The van der Waals surface area contributed by atoms with Crippen molar-refractivity contribution in [3.05, 3.63) is 96.6 Å². The maximum atomic E-state index is 11.5. The molecule has 2 aromatic carbocycles. The second kappa shape index (κ2) is 9.10. The van der Waals surface area contributed by atoms with Crippen molar-refractivity contribution in [2.45, 2.75) is 13.1 Å². The van der Waals surface area contributed by atoms with Crippen molar-refractivity contribution >= 4 is 16.9 Å². The first-order chi connectivity index (χ1) is 16.2. The van der Waals surface area contributed by atoms with Crippen LogP contribution in [-0.4, -0.2) is 32.2 Å². The van der Waals surface area contributed by atoms with Gasteiger partial charge < -0.3 is 16.0 Å². The molecule has 0 atom stereocenters. The molecule has 5 rings (SSSR count). The number of pyridine rings is 1. The Labute approximate surface area is 191 Å². The van der Waals surface area contributed by atoms with Gasteiger partial charge in [-0.05, 0) is 28.8 Å². The third-order valence-corrected chi connectivity index (χ3v) is 5.60. The molecular weight excluding hydrogens is 412 g/mol.